The Kier molecular flexibility index (Phi) is 6.93. The number of benzene rings is 1. The van der Waals surface area contributed by atoms with Crippen molar-refractivity contribution in [3.63, 3.8) is 0 Å². The highest BCUT2D eigenvalue weighted by Gasteiger charge is 2.25. The second-order valence-electron chi connectivity index (χ2n) is 6.36. The molecule has 6 nitrogen and oxygen atoms in total. The molecular weight excluding hydrogens is 344 g/mol. The van der Waals surface area contributed by atoms with Gasteiger partial charge in [-0.15, -0.1) is 0 Å². The topological polar surface area (TPSA) is 79.5 Å². The first kappa shape index (κ1) is 20.4. The van der Waals surface area contributed by atoms with Crippen molar-refractivity contribution in [2.45, 2.75) is 34.1 Å². The predicted molar refractivity (Wildman–Crippen MR) is 103 cm³/mol. The number of carbonyl (C=O) groups is 3. The zero-order chi connectivity index (χ0) is 20.0. The maximum atomic E-state index is 12.9. The Balaban J connectivity index is 2.26. The van der Waals surface area contributed by atoms with Gasteiger partial charge in [-0.2, -0.15) is 0 Å². The first-order valence-corrected chi connectivity index (χ1v) is 9.14. The quantitative estimate of drug-likeness (QED) is 0.569. The Morgan fingerprint density at radius 1 is 1.07 bits per heavy atom. The number of hydrogen-bond acceptors (Lipinski definition) is 4. The van der Waals surface area contributed by atoms with Gasteiger partial charge < -0.3 is 14.6 Å². The summed E-state index contributed by atoms with van der Waals surface area (Å²) in [5.74, 6) is -0.861. The number of aryl methyl sites for hydroxylation is 1. The van der Waals surface area contributed by atoms with Crippen molar-refractivity contribution in [2.75, 3.05) is 19.7 Å². The lowest BCUT2D eigenvalue weighted by molar-refractivity contribution is 0.0519. The zero-order valence-electron chi connectivity index (χ0n) is 16.3. The van der Waals surface area contributed by atoms with Crippen LogP contribution >= 0.6 is 0 Å². The zero-order valence-corrected chi connectivity index (χ0v) is 16.3. The normalized spacial score (nSPS) is 10.5. The fourth-order valence-electron chi connectivity index (χ4n) is 3.11. The molecule has 0 saturated carbocycles. The third-order valence-electron chi connectivity index (χ3n) is 4.33. The van der Waals surface area contributed by atoms with Crippen molar-refractivity contribution in [3.05, 3.63) is 58.4 Å². The molecule has 1 heterocycles. The molecule has 1 N–H and O–H groups in total. The molecule has 0 radical (unpaired) electrons. The summed E-state index contributed by atoms with van der Waals surface area (Å²) in [4.78, 5) is 42.2. The monoisotopic (exact) mass is 370 g/mol. The predicted octanol–water partition coefficient (Wildman–Crippen LogP) is 3.54. The summed E-state index contributed by atoms with van der Waals surface area (Å²) in [5.41, 5.74) is 2.44. The molecule has 0 aliphatic rings. The molecule has 0 aliphatic carbocycles. The number of ether oxygens (including phenoxy) is 1. The van der Waals surface area contributed by atoms with Gasteiger partial charge >= 0.3 is 5.97 Å². The number of nitrogens with zero attached hydrogens (tertiary/aromatic N) is 1. The molecule has 0 aliphatic heterocycles. The standard InChI is InChI=1S/C21H26N2O4/c1-5-12-23(20(25)16-10-8-7-9-11-16)13-17(24)18-14(3)19(22-15(18)4)21(26)27-6-2/h7-11,22H,5-6,12-13H2,1-4H3. The van der Waals surface area contributed by atoms with Gasteiger partial charge in [-0.05, 0) is 44.9 Å². The summed E-state index contributed by atoms with van der Waals surface area (Å²) in [7, 11) is 0. The fraction of sp³-hybridized carbons (Fsp3) is 0.381. The van der Waals surface area contributed by atoms with Gasteiger partial charge in [-0.1, -0.05) is 25.1 Å². The SMILES string of the molecule is CCCN(CC(=O)c1c(C)[nH]c(C(=O)OCC)c1C)C(=O)c1ccccc1. The van der Waals surface area contributed by atoms with Crippen LogP contribution in [0.5, 0.6) is 0 Å². The van der Waals surface area contributed by atoms with Crippen LogP contribution in [0.25, 0.3) is 0 Å². The number of ketones is 1. The molecule has 0 fully saturated rings. The summed E-state index contributed by atoms with van der Waals surface area (Å²) in [6, 6.07) is 8.91. The molecule has 1 amide bonds. The molecular formula is C21H26N2O4. The Morgan fingerprint density at radius 3 is 2.33 bits per heavy atom. The molecule has 6 heteroatoms. The van der Waals surface area contributed by atoms with E-state index in [0.29, 0.717) is 28.9 Å². The van der Waals surface area contributed by atoms with Crippen LogP contribution in [0.15, 0.2) is 30.3 Å². The average Bonchev–Trinajstić information content (AvgIpc) is 2.96. The van der Waals surface area contributed by atoms with Crippen LogP contribution in [0.2, 0.25) is 0 Å². The molecule has 144 valence electrons. The van der Waals surface area contributed by atoms with Crippen molar-refractivity contribution in [3.8, 4) is 0 Å². The van der Waals surface area contributed by atoms with Gasteiger partial charge in [-0.3, -0.25) is 9.59 Å². The highest BCUT2D eigenvalue weighted by molar-refractivity contribution is 6.05. The Bertz CT molecular complexity index is 824. The van der Waals surface area contributed by atoms with Crippen LogP contribution in [0.4, 0.5) is 0 Å². The number of Topliss-reactive ketones (excluding diaryl/α,β-unsaturated/α-hetero) is 1. The van der Waals surface area contributed by atoms with Gasteiger partial charge in [0.15, 0.2) is 5.78 Å². The van der Waals surface area contributed by atoms with E-state index in [2.05, 4.69) is 4.98 Å². The van der Waals surface area contributed by atoms with E-state index in [-0.39, 0.29) is 30.5 Å². The first-order chi connectivity index (χ1) is 12.9. The number of carbonyl (C=O) groups excluding carboxylic acids is 3. The van der Waals surface area contributed by atoms with Crippen LogP contribution in [0.1, 0.15) is 62.7 Å². The van der Waals surface area contributed by atoms with Crippen molar-refractivity contribution in [1.29, 1.82) is 0 Å². The van der Waals surface area contributed by atoms with Crippen molar-refractivity contribution in [1.82, 2.24) is 9.88 Å². The fourth-order valence-corrected chi connectivity index (χ4v) is 3.11. The second kappa shape index (κ2) is 9.16. The van der Waals surface area contributed by atoms with Crippen LogP contribution < -0.4 is 0 Å². The van der Waals surface area contributed by atoms with Crippen LogP contribution in [-0.4, -0.2) is 47.2 Å². The van der Waals surface area contributed by atoms with Crippen LogP contribution in [-0.2, 0) is 4.74 Å². The number of aromatic nitrogens is 1. The number of H-pyrrole nitrogens is 1. The smallest absolute Gasteiger partial charge is 0.355 e. The molecule has 1 aromatic carbocycles. The Hall–Kier alpha value is -2.89. The maximum absolute atomic E-state index is 12.9. The summed E-state index contributed by atoms with van der Waals surface area (Å²) >= 11 is 0. The van der Waals surface area contributed by atoms with Crippen molar-refractivity contribution in [2.24, 2.45) is 0 Å². The lowest BCUT2D eigenvalue weighted by Gasteiger charge is -2.21. The van der Waals surface area contributed by atoms with E-state index in [0.717, 1.165) is 6.42 Å². The molecule has 0 unspecified atom stereocenters. The minimum Gasteiger partial charge on any atom is -0.461 e. The molecule has 2 rings (SSSR count). The lowest BCUT2D eigenvalue weighted by Crippen LogP contribution is -2.36. The maximum Gasteiger partial charge on any atom is 0.355 e. The number of amides is 1. The largest absolute Gasteiger partial charge is 0.461 e. The number of nitrogens with one attached hydrogen (secondary N) is 1. The summed E-state index contributed by atoms with van der Waals surface area (Å²) < 4.78 is 5.03. The third-order valence-corrected chi connectivity index (χ3v) is 4.33. The van der Waals surface area contributed by atoms with Gasteiger partial charge in [0.25, 0.3) is 5.91 Å². The molecule has 2 aromatic rings. The number of aromatic amines is 1. The molecule has 0 saturated heterocycles. The molecule has 0 spiro atoms. The number of esters is 1. The Morgan fingerprint density at radius 2 is 1.74 bits per heavy atom. The van der Waals surface area contributed by atoms with Crippen molar-refractivity contribution < 1.29 is 19.1 Å². The molecule has 0 bridgehead atoms. The van der Waals surface area contributed by atoms with Crippen molar-refractivity contribution >= 4 is 17.7 Å². The molecule has 0 atom stereocenters. The van der Waals surface area contributed by atoms with Gasteiger partial charge in [-0.25, -0.2) is 4.79 Å². The van der Waals surface area contributed by atoms with Gasteiger partial charge in [0.05, 0.1) is 13.2 Å². The van der Waals surface area contributed by atoms with E-state index in [1.54, 1.807) is 49.9 Å². The minimum absolute atomic E-state index is 0.0383. The lowest BCUT2D eigenvalue weighted by atomic mass is 10.0. The van der Waals surface area contributed by atoms with E-state index in [9.17, 15) is 14.4 Å². The van der Waals surface area contributed by atoms with Crippen LogP contribution in [0, 0.1) is 13.8 Å². The summed E-state index contributed by atoms with van der Waals surface area (Å²) in [5, 5.41) is 0. The molecule has 27 heavy (non-hydrogen) atoms. The van der Waals surface area contributed by atoms with Gasteiger partial charge in [0, 0.05) is 23.4 Å². The van der Waals surface area contributed by atoms with E-state index in [4.69, 9.17) is 4.74 Å². The number of rotatable bonds is 8. The van der Waals surface area contributed by atoms with Crippen LogP contribution in [0.3, 0.4) is 0 Å². The van der Waals surface area contributed by atoms with E-state index < -0.39 is 5.97 Å². The first-order valence-electron chi connectivity index (χ1n) is 9.14. The Labute approximate surface area is 159 Å². The van der Waals surface area contributed by atoms with Gasteiger partial charge in [0.1, 0.15) is 5.69 Å². The van der Waals surface area contributed by atoms with E-state index in [1.165, 1.54) is 0 Å². The molecule has 1 aromatic heterocycles. The van der Waals surface area contributed by atoms with E-state index >= 15 is 0 Å². The average molecular weight is 370 g/mol. The van der Waals surface area contributed by atoms with Gasteiger partial charge in [0.2, 0.25) is 0 Å². The highest BCUT2D eigenvalue weighted by Crippen LogP contribution is 2.20. The summed E-state index contributed by atoms with van der Waals surface area (Å²) in [6.07, 6.45) is 0.741. The minimum atomic E-state index is -0.483. The third kappa shape index (κ3) is 4.64. The van der Waals surface area contributed by atoms with E-state index in [1.807, 2.05) is 13.0 Å². The highest BCUT2D eigenvalue weighted by atomic mass is 16.5. The summed E-state index contributed by atoms with van der Waals surface area (Å²) in [6.45, 7) is 7.85. The second-order valence-corrected chi connectivity index (χ2v) is 6.36. The number of hydrogen-bond donors (Lipinski definition) is 1.